The van der Waals surface area contributed by atoms with Crippen molar-refractivity contribution in [1.29, 1.82) is 0 Å². The Balaban J connectivity index is 1.45. The summed E-state index contributed by atoms with van der Waals surface area (Å²) in [6.45, 7) is 1.97. The summed E-state index contributed by atoms with van der Waals surface area (Å²) in [5.74, 6) is -0.252. The van der Waals surface area contributed by atoms with Gasteiger partial charge in [-0.2, -0.15) is 0 Å². The number of rotatable bonds is 6. The van der Waals surface area contributed by atoms with E-state index in [9.17, 15) is 9.59 Å². The molecule has 1 aromatic heterocycles. The number of esters is 2. The van der Waals surface area contributed by atoms with E-state index < -0.39 is 11.9 Å². The molecule has 0 fully saturated rings. The Bertz CT molecular complexity index is 1800. The molecule has 39 heavy (non-hydrogen) atoms. The molecule has 6 rings (SSSR count). The molecule has 0 aliphatic rings. The summed E-state index contributed by atoms with van der Waals surface area (Å²) < 4.78 is 17.7. The molecule has 5 heteroatoms. The van der Waals surface area contributed by atoms with E-state index in [0.29, 0.717) is 39.0 Å². The SMILES string of the molecule is CCOC(=O)c1c(-c2ccccc2)oc2c1cc(OC(=O)c1ccc(-c3ccccc3)cc1)c1ccccc12. The van der Waals surface area contributed by atoms with Gasteiger partial charge in [0.2, 0.25) is 0 Å². The molecule has 1 heterocycles. The summed E-state index contributed by atoms with van der Waals surface area (Å²) in [6.07, 6.45) is 0. The number of furan rings is 1. The second-order valence-corrected chi connectivity index (χ2v) is 9.02. The smallest absolute Gasteiger partial charge is 0.343 e. The maximum Gasteiger partial charge on any atom is 0.343 e. The van der Waals surface area contributed by atoms with Gasteiger partial charge in [0, 0.05) is 21.7 Å². The van der Waals surface area contributed by atoms with E-state index in [1.54, 1.807) is 25.1 Å². The van der Waals surface area contributed by atoms with E-state index in [4.69, 9.17) is 13.9 Å². The first-order valence-electron chi connectivity index (χ1n) is 12.7. The lowest BCUT2D eigenvalue weighted by molar-refractivity contribution is 0.0528. The predicted molar refractivity (Wildman–Crippen MR) is 152 cm³/mol. The first-order valence-corrected chi connectivity index (χ1v) is 12.7. The third-order valence-corrected chi connectivity index (χ3v) is 6.60. The van der Waals surface area contributed by atoms with Gasteiger partial charge in [0.05, 0.1) is 12.2 Å². The summed E-state index contributed by atoms with van der Waals surface area (Å²) >= 11 is 0. The first-order chi connectivity index (χ1) is 19.1. The molecule has 5 aromatic carbocycles. The average Bonchev–Trinajstić information content (AvgIpc) is 3.38. The van der Waals surface area contributed by atoms with Gasteiger partial charge in [0.1, 0.15) is 22.7 Å². The van der Waals surface area contributed by atoms with Crippen LogP contribution in [0, 0.1) is 0 Å². The number of hydrogen-bond donors (Lipinski definition) is 0. The molecule has 190 valence electrons. The lowest BCUT2D eigenvalue weighted by Crippen LogP contribution is -2.09. The fraction of sp³-hybridized carbons (Fsp3) is 0.0588. The Hall–Kier alpha value is -5.16. The molecule has 0 spiro atoms. The van der Waals surface area contributed by atoms with Crippen LogP contribution < -0.4 is 4.74 Å². The van der Waals surface area contributed by atoms with Crippen molar-refractivity contribution in [3.8, 4) is 28.2 Å². The van der Waals surface area contributed by atoms with Crippen LogP contribution in [0.25, 0.3) is 44.2 Å². The summed E-state index contributed by atoms with van der Waals surface area (Å²) in [5, 5.41) is 1.95. The van der Waals surface area contributed by atoms with Gasteiger partial charge in [0.15, 0.2) is 0 Å². The standard InChI is InChI=1S/C34H24O5/c1-2-37-34(36)30-28-21-29(38-33(35)25-19-17-23(18-20-25)22-11-5-3-6-12-22)26-15-9-10-16-27(26)32(28)39-31(30)24-13-7-4-8-14-24/h3-21H,2H2,1H3. The molecule has 0 bridgehead atoms. The number of ether oxygens (including phenoxy) is 2. The van der Waals surface area contributed by atoms with Crippen molar-refractivity contribution in [1.82, 2.24) is 0 Å². The van der Waals surface area contributed by atoms with Gasteiger partial charge in [-0.25, -0.2) is 9.59 Å². The molecular formula is C34H24O5. The highest BCUT2D eigenvalue weighted by Gasteiger charge is 2.26. The third kappa shape index (κ3) is 4.55. The van der Waals surface area contributed by atoms with Crippen molar-refractivity contribution < 1.29 is 23.5 Å². The number of fused-ring (bicyclic) bond motifs is 3. The fourth-order valence-corrected chi connectivity index (χ4v) is 4.76. The zero-order valence-corrected chi connectivity index (χ0v) is 21.2. The number of hydrogen-bond acceptors (Lipinski definition) is 5. The van der Waals surface area contributed by atoms with Gasteiger partial charge in [-0.05, 0) is 36.2 Å². The quantitative estimate of drug-likeness (QED) is 0.166. The van der Waals surface area contributed by atoms with Gasteiger partial charge in [-0.3, -0.25) is 0 Å². The van der Waals surface area contributed by atoms with Crippen LogP contribution in [-0.2, 0) is 4.74 Å². The molecule has 5 nitrogen and oxygen atoms in total. The molecule has 0 saturated heterocycles. The van der Waals surface area contributed by atoms with E-state index in [1.807, 2.05) is 97.1 Å². The largest absolute Gasteiger partial charge is 0.462 e. The topological polar surface area (TPSA) is 65.7 Å². The van der Waals surface area contributed by atoms with Crippen LogP contribution >= 0.6 is 0 Å². The Labute approximate surface area is 225 Å². The second-order valence-electron chi connectivity index (χ2n) is 9.02. The van der Waals surface area contributed by atoms with Gasteiger partial charge in [-0.1, -0.05) is 97.1 Å². The van der Waals surface area contributed by atoms with E-state index in [2.05, 4.69) is 0 Å². The van der Waals surface area contributed by atoms with Crippen molar-refractivity contribution >= 4 is 33.7 Å². The third-order valence-electron chi connectivity index (χ3n) is 6.60. The van der Waals surface area contributed by atoms with Gasteiger partial charge >= 0.3 is 11.9 Å². The minimum Gasteiger partial charge on any atom is -0.462 e. The predicted octanol–water partition coefficient (Wildman–Crippen LogP) is 8.32. The monoisotopic (exact) mass is 512 g/mol. The molecule has 0 radical (unpaired) electrons. The molecule has 0 aliphatic heterocycles. The normalized spacial score (nSPS) is 11.0. The van der Waals surface area contributed by atoms with Crippen LogP contribution in [-0.4, -0.2) is 18.5 Å². The first kappa shape index (κ1) is 24.2. The lowest BCUT2D eigenvalue weighted by atomic mass is 10.0. The fourth-order valence-electron chi connectivity index (χ4n) is 4.76. The van der Waals surface area contributed by atoms with Crippen molar-refractivity contribution in [2.45, 2.75) is 6.92 Å². The summed E-state index contributed by atoms with van der Waals surface area (Å²) in [4.78, 5) is 26.4. The Morgan fingerprint density at radius 3 is 1.90 bits per heavy atom. The van der Waals surface area contributed by atoms with Crippen molar-refractivity contribution in [2.24, 2.45) is 0 Å². The van der Waals surface area contributed by atoms with Crippen LogP contribution in [0.5, 0.6) is 5.75 Å². The van der Waals surface area contributed by atoms with E-state index in [0.717, 1.165) is 22.1 Å². The number of carbonyl (C=O) groups excluding carboxylic acids is 2. The van der Waals surface area contributed by atoms with E-state index in [1.165, 1.54) is 0 Å². The highest BCUT2D eigenvalue weighted by Crippen LogP contribution is 2.41. The van der Waals surface area contributed by atoms with Crippen LogP contribution in [0.15, 0.2) is 120 Å². The Kier molecular flexibility index (Phi) is 6.39. The Morgan fingerprint density at radius 2 is 1.23 bits per heavy atom. The summed E-state index contributed by atoms with van der Waals surface area (Å²) in [7, 11) is 0. The van der Waals surface area contributed by atoms with E-state index >= 15 is 0 Å². The maximum absolute atomic E-state index is 13.3. The molecule has 0 atom stereocenters. The Morgan fingerprint density at radius 1 is 0.641 bits per heavy atom. The molecule has 0 aliphatic carbocycles. The average molecular weight is 513 g/mol. The van der Waals surface area contributed by atoms with Gasteiger partial charge in [-0.15, -0.1) is 0 Å². The molecule has 6 aromatic rings. The van der Waals surface area contributed by atoms with Gasteiger partial charge in [0.25, 0.3) is 0 Å². The van der Waals surface area contributed by atoms with E-state index in [-0.39, 0.29) is 6.61 Å². The number of carbonyl (C=O) groups is 2. The zero-order chi connectivity index (χ0) is 26.8. The molecule has 0 saturated carbocycles. The minimum atomic E-state index is -0.501. The summed E-state index contributed by atoms with van der Waals surface area (Å²) in [6, 6.07) is 35.9. The second kappa shape index (κ2) is 10.3. The highest BCUT2D eigenvalue weighted by atomic mass is 16.5. The maximum atomic E-state index is 13.3. The highest BCUT2D eigenvalue weighted by molar-refractivity contribution is 6.17. The molecule has 0 amide bonds. The van der Waals surface area contributed by atoms with Crippen molar-refractivity contribution in [3.05, 3.63) is 126 Å². The molecular weight excluding hydrogens is 488 g/mol. The minimum absolute atomic E-state index is 0.216. The van der Waals surface area contributed by atoms with Gasteiger partial charge < -0.3 is 13.9 Å². The van der Waals surface area contributed by atoms with Crippen molar-refractivity contribution in [3.63, 3.8) is 0 Å². The molecule has 0 N–H and O–H groups in total. The van der Waals surface area contributed by atoms with Crippen LogP contribution in [0.2, 0.25) is 0 Å². The number of benzene rings is 5. The van der Waals surface area contributed by atoms with Crippen LogP contribution in [0.4, 0.5) is 0 Å². The van der Waals surface area contributed by atoms with Crippen molar-refractivity contribution in [2.75, 3.05) is 6.61 Å². The van der Waals surface area contributed by atoms with Crippen LogP contribution in [0.3, 0.4) is 0 Å². The molecule has 0 unspecified atom stereocenters. The van der Waals surface area contributed by atoms with Crippen LogP contribution in [0.1, 0.15) is 27.6 Å². The zero-order valence-electron chi connectivity index (χ0n) is 21.2. The lowest BCUT2D eigenvalue weighted by Gasteiger charge is -2.10. The summed E-state index contributed by atoms with van der Waals surface area (Å²) in [5.41, 5.74) is 4.06.